The minimum Gasteiger partial charge on any atom is -0.306 e. The molecule has 0 bridgehead atoms. The molecule has 102 valence electrons. The second-order valence-corrected chi connectivity index (χ2v) is 6.20. The minimum absolute atomic E-state index is 0.242. The monoisotopic (exact) mass is 282 g/mol. The van der Waals surface area contributed by atoms with Gasteiger partial charge in [0.25, 0.3) is 0 Å². The van der Waals surface area contributed by atoms with Crippen molar-refractivity contribution in [3.05, 3.63) is 64.1 Å². The SMILES string of the molecule is CCNC(c1ccc(C)s1)c1cccc2ccncc12. The number of thiophene rings is 1. The van der Waals surface area contributed by atoms with Gasteiger partial charge in [-0.3, -0.25) is 4.98 Å². The highest BCUT2D eigenvalue weighted by Gasteiger charge is 2.17. The standard InChI is InChI=1S/C17H18N2S/c1-3-19-17(16-8-7-12(2)20-16)14-6-4-5-13-9-10-18-11-15(13)14/h4-11,17,19H,3H2,1-2H3. The maximum absolute atomic E-state index is 4.29. The molecule has 3 heteroatoms. The number of hydrogen-bond acceptors (Lipinski definition) is 3. The molecular weight excluding hydrogens is 264 g/mol. The summed E-state index contributed by atoms with van der Waals surface area (Å²) in [5.41, 5.74) is 1.30. The van der Waals surface area contributed by atoms with Gasteiger partial charge in [-0.15, -0.1) is 11.3 Å². The van der Waals surface area contributed by atoms with E-state index >= 15 is 0 Å². The number of aromatic nitrogens is 1. The average molecular weight is 282 g/mol. The Bertz CT molecular complexity index is 712. The van der Waals surface area contributed by atoms with Gasteiger partial charge >= 0.3 is 0 Å². The van der Waals surface area contributed by atoms with Gasteiger partial charge in [-0.2, -0.15) is 0 Å². The van der Waals surface area contributed by atoms with Gasteiger partial charge in [-0.05, 0) is 42.6 Å². The van der Waals surface area contributed by atoms with Crippen molar-refractivity contribution in [3.8, 4) is 0 Å². The predicted molar refractivity (Wildman–Crippen MR) is 86.3 cm³/mol. The molecule has 0 aliphatic heterocycles. The van der Waals surface area contributed by atoms with Crippen LogP contribution in [-0.2, 0) is 0 Å². The summed E-state index contributed by atoms with van der Waals surface area (Å²) in [7, 11) is 0. The number of aryl methyl sites for hydroxylation is 1. The van der Waals surface area contributed by atoms with E-state index in [1.54, 1.807) is 0 Å². The largest absolute Gasteiger partial charge is 0.306 e. The number of pyridine rings is 1. The molecule has 0 spiro atoms. The lowest BCUT2D eigenvalue weighted by Crippen LogP contribution is -2.21. The molecule has 2 aromatic heterocycles. The molecular formula is C17H18N2S. The molecule has 0 amide bonds. The quantitative estimate of drug-likeness (QED) is 0.771. The summed E-state index contributed by atoms with van der Waals surface area (Å²) in [5.74, 6) is 0. The van der Waals surface area contributed by atoms with Crippen LogP contribution < -0.4 is 5.32 Å². The Morgan fingerprint density at radius 2 is 2.10 bits per heavy atom. The highest BCUT2D eigenvalue weighted by molar-refractivity contribution is 7.12. The van der Waals surface area contributed by atoms with E-state index in [-0.39, 0.29) is 6.04 Å². The molecule has 2 nitrogen and oxygen atoms in total. The summed E-state index contributed by atoms with van der Waals surface area (Å²) in [6.45, 7) is 5.25. The van der Waals surface area contributed by atoms with Crippen molar-refractivity contribution in [3.63, 3.8) is 0 Å². The Balaban J connectivity index is 2.14. The molecule has 0 aliphatic carbocycles. The number of hydrogen-bond donors (Lipinski definition) is 1. The van der Waals surface area contributed by atoms with Crippen molar-refractivity contribution in [1.82, 2.24) is 10.3 Å². The average Bonchev–Trinajstić information content (AvgIpc) is 2.91. The first kappa shape index (κ1) is 13.3. The fourth-order valence-corrected chi connectivity index (χ4v) is 3.54. The van der Waals surface area contributed by atoms with Gasteiger partial charge < -0.3 is 5.32 Å². The fraction of sp³-hybridized carbons (Fsp3) is 0.235. The maximum atomic E-state index is 4.29. The Morgan fingerprint density at radius 1 is 1.20 bits per heavy atom. The summed E-state index contributed by atoms with van der Waals surface area (Å²) in [6.07, 6.45) is 3.82. The lowest BCUT2D eigenvalue weighted by Gasteiger charge is -2.19. The molecule has 0 saturated heterocycles. The molecule has 2 heterocycles. The smallest absolute Gasteiger partial charge is 0.0677 e. The zero-order valence-corrected chi connectivity index (χ0v) is 12.6. The first-order valence-corrected chi connectivity index (χ1v) is 7.73. The van der Waals surface area contributed by atoms with E-state index in [0.29, 0.717) is 0 Å². The van der Waals surface area contributed by atoms with E-state index in [4.69, 9.17) is 0 Å². The topological polar surface area (TPSA) is 24.9 Å². The van der Waals surface area contributed by atoms with Crippen molar-refractivity contribution in [2.24, 2.45) is 0 Å². The number of rotatable bonds is 4. The van der Waals surface area contributed by atoms with Crippen molar-refractivity contribution in [1.29, 1.82) is 0 Å². The molecule has 3 rings (SSSR count). The molecule has 20 heavy (non-hydrogen) atoms. The minimum atomic E-state index is 0.242. The van der Waals surface area contributed by atoms with E-state index in [1.165, 1.54) is 26.1 Å². The Kier molecular flexibility index (Phi) is 3.81. The first-order valence-electron chi connectivity index (χ1n) is 6.92. The number of fused-ring (bicyclic) bond motifs is 1. The normalized spacial score (nSPS) is 12.7. The Morgan fingerprint density at radius 3 is 2.85 bits per heavy atom. The van der Waals surface area contributed by atoms with Crippen LogP contribution in [0.15, 0.2) is 48.8 Å². The van der Waals surface area contributed by atoms with Gasteiger partial charge in [0.15, 0.2) is 0 Å². The Labute approximate surface area is 123 Å². The van der Waals surface area contributed by atoms with Gasteiger partial charge in [-0.25, -0.2) is 0 Å². The van der Waals surface area contributed by atoms with Crippen LogP contribution in [0, 0.1) is 6.92 Å². The van der Waals surface area contributed by atoms with Crippen molar-refractivity contribution in [2.45, 2.75) is 19.9 Å². The van der Waals surface area contributed by atoms with Crippen LogP contribution in [0.25, 0.3) is 10.8 Å². The fourth-order valence-electron chi connectivity index (χ4n) is 2.57. The number of benzene rings is 1. The Hall–Kier alpha value is -1.71. The van der Waals surface area contributed by atoms with Crippen LogP contribution >= 0.6 is 11.3 Å². The summed E-state index contributed by atoms with van der Waals surface area (Å²) >= 11 is 1.86. The molecule has 0 saturated carbocycles. The third-order valence-corrected chi connectivity index (χ3v) is 4.55. The molecule has 0 fully saturated rings. The van der Waals surface area contributed by atoms with E-state index in [2.05, 4.69) is 60.5 Å². The molecule has 1 aromatic carbocycles. The second-order valence-electron chi connectivity index (χ2n) is 4.88. The maximum Gasteiger partial charge on any atom is 0.0677 e. The van der Waals surface area contributed by atoms with Crippen LogP contribution in [0.3, 0.4) is 0 Å². The lowest BCUT2D eigenvalue weighted by atomic mass is 9.99. The van der Waals surface area contributed by atoms with Crippen molar-refractivity contribution < 1.29 is 0 Å². The first-order chi connectivity index (χ1) is 9.79. The van der Waals surface area contributed by atoms with Gasteiger partial charge in [0, 0.05) is 27.5 Å². The van der Waals surface area contributed by atoms with Crippen LogP contribution in [0.1, 0.15) is 28.3 Å². The summed E-state index contributed by atoms with van der Waals surface area (Å²) in [6, 6.07) is 13.2. The molecule has 1 atom stereocenters. The van der Waals surface area contributed by atoms with Crippen LogP contribution in [-0.4, -0.2) is 11.5 Å². The third-order valence-electron chi connectivity index (χ3n) is 3.48. The highest BCUT2D eigenvalue weighted by Crippen LogP contribution is 2.32. The molecule has 1 unspecified atom stereocenters. The molecule has 3 aromatic rings. The second kappa shape index (κ2) is 5.73. The van der Waals surface area contributed by atoms with E-state index in [1.807, 2.05) is 23.7 Å². The third kappa shape index (κ3) is 2.47. The highest BCUT2D eigenvalue weighted by atomic mass is 32.1. The number of nitrogens with one attached hydrogen (secondary N) is 1. The van der Waals surface area contributed by atoms with E-state index in [9.17, 15) is 0 Å². The van der Waals surface area contributed by atoms with Gasteiger partial charge in [-0.1, -0.05) is 25.1 Å². The van der Waals surface area contributed by atoms with Crippen LogP contribution in [0.5, 0.6) is 0 Å². The van der Waals surface area contributed by atoms with Gasteiger partial charge in [0.05, 0.1) is 6.04 Å². The van der Waals surface area contributed by atoms with Crippen molar-refractivity contribution >= 4 is 22.1 Å². The number of nitrogens with zero attached hydrogens (tertiary/aromatic N) is 1. The molecule has 1 N–H and O–H groups in total. The predicted octanol–water partition coefficient (Wildman–Crippen LogP) is 4.30. The summed E-state index contributed by atoms with van der Waals surface area (Å²) in [4.78, 5) is 7.00. The van der Waals surface area contributed by atoms with Gasteiger partial charge in [0.1, 0.15) is 0 Å². The van der Waals surface area contributed by atoms with Gasteiger partial charge in [0.2, 0.25) is 0 Å². The zero-order chi connectivity index (χ0) is 13.9. The van der Waals surface area contributed by atoms with Crippen LogP contribution in [0.2, 0.25) is 0 Å². The van der Waals surface area contributed by atoms with Crippen LogP contribution in [0.4, 0.5) is 0 Å². The summed E-state index contributed by atoms with van der Waals surface area (Å²) in [5, 5.41) is 6.08. The van der Waals surface area contributed by atoms with Crippen molar-refractivity contribution in [2.75, 3.05) is 6.54 Å². The van der Waals surface area contributed by atoms with E-state index in [0.717, 1.165) is 6.54 Å². The van der Waals surface area contributed by atoms with E-state index < -0.39 is 0 Å². The molecule has 0 aliphatic rings. The lowest BCUT2D eigenvalue weighted by molar-refractivity contribution is 0.643. The summed E-state index contributed by atoms with van der Waals surface area (Å²) < 4.78 is 0. The molecule has 0 radical (unpaired) electrons. The zero-order valence-electron chi connectivity index (χ0n) is 11.8.